The molecule has 0 unspecified atom stereocenters. The van der Waals surface area contributed by atoms with Crippen LogP contribution in [0.4, 0.5) is 0 Å². The van der Waals surface area contributed by atoms with Gasteiger partial charge in [-0.3, -0.25) is 19.3 Å². The molecule has 0 spiro atoms. The lowest BCUT2D eigenvalue weighted by Crippen LogP contribution is -2.29. The lowest BCUT2D eigenvalue weighted by Gasteiger charge is -2.21. The first-order chi connectivity index (χ1) is 28.8. The largest absolute Gasteiger partial charge is 0.467 e. The predicted molar refractivity (Wildman–Crippen MR) is 252 cm³/mol. The molecule has 0 bridgehead atoms. The average Bonchev–Trinajstić information content (AvgIpc) is 3.22. The van der Waals surface area contributed by atoms with E-state index < -0.39 is 0 Å². The highest BCUT2D eigenvalue weighted by Crippen LogP contribution is 2.18. The van der Waals surface area contributed by atoms with Gasteiger partial charge in [-0.05, 0) is 97.9 Å². The Kier molecular flexibility index (Phi) is 51.0. The summed E-state index contributed by atoms with van der Waals surface area (Å²) in [5.41, 5.74) is 0. The van der Waals surface area contributed by atoms with Gasteiger partial charge in [0.15, 0.2) is 0 Å². The topological polar surface area (TPSA) is 85.4 Å². The monoisotopic (exact) mass is 839 g/mol. The molecule has 8 heteroatoms. The number of ether oxygens (including phenoxy) is 3. The molecule has 0 saturated heterocycles. The number of nitrogens with zero attached hydrogens (tertiary/aromatic N) is 2. The van der Waals surface area contributed by atoms with Crippen molar-refractivity contribution in [3.63, 3.8) is 0 Å². The predicted octanol–water partition coefficient (Wildman–Crippen LogP) is 14.2. The van der Waals surface area contributed by atoms with Crippen LogP contribution >= 0.6 is 0 Å². The number of carbonyl (C=O) groups excluding carboxylic acids is 3. The van der Waals surface area contributed by atoms with Gasteiger partial charge in [0, 0.05) is 19.4 Å². The summed E-state index contributed by atoms with van der Waals surface area (Å²) in [6, 6.07) is 0. The number of rotatable bonds is 46. The number of esters is 2. The van der Waals surface area contributed by atoms with Gasteiger partial charge in [-0.2, -0.15) is 0 Å². The molecule has 0 aliphatic heterocycles. The number of hydrogen-bond acceptors (Lipinski definition) is 8. The van der Waals surface area contributed by atoms with Crippen molar-refractivity contribution in [3.05, 3.63) is 0 Å². The molecule has 0 saturated carbocycles. The summed E-state index contributed by atoms with van der Waals surface area (Å²) in [5.74, 6) is -0.0411. The maximum Gasteiger partial charge on any atom is 0.306 e. The molecule has 0 aromatic carbocycles. The van der Waals surface area contributed by atoms with E-state index in [9.17, 15) is 14.4 Å². The van der Waals surface area contributed by atoms with Gasteiger partial charge < -0.3 is 19.1 Å². The Hall–Kier alpha value is -1.67. The van der Waals surface area contributed by atoms with E-state index in [1.54, 1.807) is 0 Å². The molecule has 0 atom stereocenters. The first kappa shape index (κ1) is 59.4. The third kappa shape index (κ3) is 50.6. The average molecular weight is 839 g/mol. The van der Waals surface area contributed by atoms with E-state index in [0.29, 0.717) is 32.5 Å². The van der Waals surface area contributed by atoms with Gasteiger partial charge in [0.05, 0.1) is 6.61 Å². The van der Waals surface area contributed by atoms with Gasteiger partial charge >= 0.3 is 11.9 Å². The van der Waals surface area contributed by atoms with Crippen LogP contribution < -0.4 is 0 Å². The second-order valence-corrected chi connectivity index (χ2v) is 17.6. The molecule has 0 rings (SSSR count). The molecule has 59 heavy (non-hydrogen) atoms. The van der Waals surface area contributed by atoms with Crippen molar-refractivity contribution in [2.24, 2.45) is 0 Å². The Labute approximate surface area is 367 Å². The molecular formula is C51H102N2O6. The molecule has 0 fully saturated rings. The van der Waals surface area contributed by atoms with Crippen molar-refractivity contribution in [1.82, 2.24) is 9.80 Å². The standard InChI is InChI=1S/C45H87NO6.C6H15N/c1-4-7-10-13-16-25-32-40-51-44(48)35-28-21-17-23-30-37-46(39-41-50-42-47)38-31-24-18-22-29-36-45(49)52-43(33-26-19-14-11-8-5-2)34-27-20-15-12-9-6-3;1-4-5-6-7(2)3/h42-43H,4-41H2,1-3H3;4-6H2,1-3H3. The second-order valence-electron chi connectivity index (χ2n) is 17.6. The van der Waals surface area contributed by atoms with Gasteiger partial charge in [0.2, 0.25) is 0 Å². The number of hydrogen-bond donors (Lipinski definition) is 0. The fourth-order valence-corrected chi connectivity index (χ4v) is 7.44. The van der Waals surface area contributed by atoms with Gasteiger partial charge in [0.25, 0.3) is 6.47 Å². The van der Waals surface area contributed by atoms with Crippen molar-refractivity contribution >= 4 is 18.4 Å². The Morgan fingerprint density at radius 3 is 1.29 bits per heavy atom. The van der Waals surface area contributed by atoms with Crippen molar-refractivity contribution < 1.29 is 28.6 Å². The van der Waals surface area contributed by atoms with Crippen LogP contribution in [0.5, 0.6) is 0 Å². The molecule has 8 nitrogen and oxygen atoms in total. The van der Waals surface area contributed by atoms with Gasteiger partial charge in [0.1, 0.15) is 12.7 Å². The highest BCUT2D eigenvalue weighted by molar-refractivity contribution is 5.69. The molecule has 0 radical (unpaired) electrons. The van der Waals surface area contributed by atoms with Gasteiger partial charge in [-0.15, -0.1) is 0 Å². The molecule has 0 aromatic heterocycles. The zero-order chi connectivity index (χ0) is 43.7. The molecule has 0 amide bonds. The highest BCUT2D eigenvalue weighted by Gasteiger charge is 2.14. The first-order valence-electron chi connectivity index (χ1n) is 25.6. The van der Waals surface area contributed by atoms with Crippen LogP contribution in [-0.2, 0) is 28.6 Å². The van der Waals surface area contributed by atoms with E-state index >= 15 is 0 Å². The third-order valence-corrected chi connectivity index (χ3v) is 11.3. The highest BCUT2D eigenvalue weighted by atomic mass is 16.5. The molecule has 0 aliphatic carbocycles. The summed E-state index contributed by atoms with van der Waals surface area (Å²) in [6.45, 7) is 14.5. The minimum Gasteiger partial charge on any atom is -0.467 e. The first-order valence-corrected chi connectivity index (χ1v) is 25.6. The summed E-state index contributed by atoms with van der Waals surface area (Å²) in [7, 11) is 4.21. The zero-order valence-electron chi connectivity index (χ0n) is 40.5. The Bertz CT molecular complexity index is 840. The summed E-state index contributed by atoms with van der Waals surface area (Å²) < 4.78 is 16.4. The second kappa shape index (κ2) is 50.7. The minimum absolute atomic E-state index is 0.00190. The lowest BCUT2D eigenvalue weighted by atomic mass is 10.0. The fourth-order valence-electron chi connectivity index (χ4n) is 7.44. The molecule has 352 valence electrons. The molecular weight excluding hydrogens is 737 g/mol. The number of unbranched alkanes of at least 4 members (excludes halogenated alkanes) is 25. The van der Waals surface area contributed by atoms with Crippen molar-refractivity contribution in [2.45, 2.75) is 259 Å². The SMILES string of the molecule is CCCCCCCCCOC(=O)CCCCCCCN(CCCCCCCC(=O)OC(CCCCCCCC)CCCCCCCC)CCOC=O.CCCCN(C)C. The maximum atomic E-state index is 12.7. The van der Waals surface area contributed by atoms with Crippen molar-refractivity contribution in [2.75, 3.05) is 53.5 Å². The van der Waals surface area contributed by atoms with E-state index in [0.717, 1.165) is 110 Å². The van der Waals surface area contributed by atoms with Crippen LogP contribution in [0.15, 0.2) is 0 Å². The van der Waals surface area contributed by atoms with E-state index in [1.807, 2.05) is 0 Å². The summed E-state index contributed by atoms with van der Waals surface area (Å²) in [5, 5.41) is 0. The van der Waals surface area contributed by atoms with Crippen molar-refractivity contribution in [1.29, 1.82) is 0 Å². The molecule has 0 heterocycles. The minimum atomic E-state index is -0.0430. The Morgan fingerprint density at radius 2 is 0.847 bits per heavy atom. The van der Waals surface area contributed by atoms with Crippen molar-refractivity contribution in [3.8, 4) is 0 Å². The lowest BCUT2D eigenvalue weighted by molar-refractivity contribution is -0.150. The number of carbonyl (C=O) groups is 3. The third-order valence-electron chi connectivity index (χ3n) is 11.3. The van der Waals surface area contributed by atoms with Crippen LogP contribution in [0.25, 0.3) is 0 Å². The van der Waals surface area contributed by atoms with E-state index in [-0.39, 0.29) is 18.0 Å². The maximum absolute atomic E-state index is 12.7. The molecule has 0 aliphatic rings. The van der Waals surface area contributed by atoms with Crippen LogP contribution in [0.2, 0.25) is 0 Å². The van der Waals surface area contributed by atoms with Crippen LogP contribution in [0.1, 0.15) is 252 Å². The fraction of sp³-hybridized carbons (Fsp3) is 0.941. The van der Waals surface area contributed by atoms with Crippen LogP contribution in [0, 0.1) is 0 Å². The Balaban J connectivity index is 0. The van der Waals surface area contributed by atoms with E-state index in [1.165, 1.54) is 129 Å². The van der Waals surface area contributed by atoms with E-state index in [2.05, 4.69) is 51.6 Å². The molecule has 0 N–H and O–H groups in total. The van der Waals surface area contributed by atoms with E-state index in [4.69, 9.17) is 14.2 Å². The smallest absolute Gasteiger partial charge is 0.306 e. The molecule has 0 aromatic rings. The summed E-state index contributed by atoms with van der Waals surface area (Å²) in [6.07, 6.45) is 40.5. The van der Waals surface area contributed by atoms with Gasteiger partial charge in [-0.1, -0.05) is 175 Å². The Morgan fingerprint density at radius 1 is 0.441 bits per heavy atom. The van der Waals surface area contributed by atoms with Gasteiger partial charge in [-0.25, -0.2) is 0 Å². The summed E-state index contributed by atoms with van der Waals surface area (Å²) in [4.78, 5) is 40.0. The normalized spacial score (nSPS) is 11.3. The van der Waals surface area contributed by atoms with Crippen LogP contribution in [0.3, 0.4) is 0 Å². The zero-order valence-corrected chi connectivity index (χ0v) is 40.5. The van der Waals surface area contributed by atoms with Crippen LogP contribution in [-0.4, -0.2) is 87.8 Å². The quantitative estimate of drug-likeness (QED) is 0.0259. The summed E-state index contributed by atoms with van der Waals surface area (Å²) >= 11 is 0.